The minimum absolute atomic E-state index is 0.0151. The molecule has 1 saturated carbocycles. The molecule has 1 aliphatic rings. The molecular weight excluding hydrogens is 191 g/mol. The number of rotatable bonds is 3. The summed E-state index contributed by atoms with van der Waals surface area (Å²) in [4.78, 5) is 2.01. The van der Waals surface area contributed by atoms with Crippen molar-refractivity contribution in [3.8, 4) is 0 Å². The van der Waals surface area contributed by atoms with Gasteiger partial charge in [0.15, 0.2) is 0 Å². The van der Waals surface area contributed by atoms with Crippen molar-refractivity contribution in [2.75, 3.05) is 14.1 Å². The van der Waals surface area contributed by atoms with E-state index in [1.54, 1.807) is 6.07 Å². The molecule has 0 saturated heterocycles. The molecule has 1 unspecified atom stereocenters. The lowest BCUT2D eigenvalue weighted by Gasteiger charge is -2.30. The van der Waals surface area contributed by atoms with Gasteiger partial charge in [-0.3, -0.25) is 0 Å². The van der Waals surface area contributed by atoms with Crippen molar-refractivity contribution in [1.82, 2.24) is 4.90 Å². The normalized spacial score (nSPS) is 20.3. The maximum atomic E-state index is 13.7. The molecule has 0 bridgehead atoms. The van der Waals surface area contributed by atoms with Gasteiger partial charge in [0.25, 0.3) is 0 Å². The zero-order chi connectivity index (χ0) is 11.1. The fourth-order valence-corrected chi connectivity index (χ4v) is 2.22. The van der Waals surface area contributed by atoms with E-state index in [4.69, 9.17) is 5.73 Å². The SMILES string of the molecule is CN(C)C(c1ccccc1F)C1(N)CC1. The lowest BCUT2D eigenvalue weighted by atomic mass is 9.96. The van der Waals surface area contributed by atoms with E-state index in [-0.39, 0.29) is 17.4 Å². The van der Waals surface area contributed by atoms with Gasteiger partial charge in [-0.25, -0.2) is 4.39 Å². The molecule has 1 aromatic rings. The average Bonchev–Trinajstić information content (AvgIpc) is 2.88. The Morgan fingerprint density at radius 2 is 1.93 bits per heavy atom. The van der Waals surface area contributed by atoms with E-state index in [1.165, 1.54) is 6.07 Å². The first-order valence-electron chi connectivity index (χ1n) is 5.24. The van der Waals surface area contributed by atoms with Crippen LogP contribution in [0.1, 0.15) is 24.4 Å². The van der Waals surface area contributed by atoms with Gasteiger partial charge in [0.1, 0.15) is 5.82 Å². The minimum Gasteiger partial charge on any atom is -0.323 e. The molecule has 1 aromatic carbocycles. The first kappa shape index (κ1) is 10.6. The monoisotopic (exact) mass is 208 g/mol. The fourth-order valence-electron chi connectivity index (χ4n) is 2.22. The molecule has 2 nitrogen and oxygen atoms in total. The van der Waals surface area contributed by atoms with E-state index >= 15 is 0 Å². The predicted octanol–water partition coefficient (Wildman–Crippen LogP) is 1.92. The van der Waals surface area contributed by atoms with Gasteiger partial charge < -0.3 is 10.6 Å². The summed E-state index contributed by atoms with van der Waals surface area (Å²) in [5.74, 6) is -0.159. The molecule has 0 aromatic heterocycles. The van der Waals surface area contributed by atoms with Gasteiger partial charge in [0, 0.05) is 11.1 Å². The Morgan fingerprint density at radius 1 is 1.33 bits per heavy atom. The minimum atomic E-state index is -0.230. The zero-order valence-corrected chi connectivity index (χ0v) is 9.20. The maximum absolute atomic E-state index is 13.7. The van der Waals surface area contributed by atoms with Crippen molar-refractivity contribution < 1.29 is 4.39 Å². The molecular formula is C12H17FN2. The fraction of sp³-hybridized carbons (Fsp3) is 0.500. The highest BCUT2D eigenvalue weighted by atomic mass is 19.1. The summed E-state index contributed by atoms with van der Waals surface area (Å²) in [6, 6.07) is 6.88. The molecule has 2 rings (SSSR count). The first-order valence-corrected chi connectivity index (χ1v) is 5.24. The smallest absolute Gasteiger partial charge is 0.128 e. The molecule has 0 aliphatic heterocycles. The van der Waals surface area contributed by atoms with Crippen LogP contribution in [0.4, 0.5) is 4.39 Å². The van der Waals surface area contributed by atoms with Gasteiger partial charge in [-0.15, -0.1) is 0 Å². The summed E-state index contributed by atoms with van der Waals surface area (Å²) in [5.41, 5.74) is 6.66. The van der Waals surface area contributed by atoms with Crippen molar-refractivity contribution >= 4 is 0 Å². The Bertz CT molecular complexity index is 358. The van der Waals surface area contributed by atoms with Crippen molar-refractivity contribution in [2.24, 2.45) is 5.73 Å². The van der Waals surface area contributed by atoms with Gasteiger partial charge in [0.05, 0.1) is 6.04 Å². The molecule has 0 radical (unpaired) electrons. The summed E-state index contributed by atoms with van der Waals surface area (Å²) in [7, 11) is 3.90. The predicted molar refractivity (Wildman–Crippen MR) is 59.0 cm³/mol. The molecule has 0 amide bonds. The molecule has 0 heterocycles. The topological polar surface area (TPSA) is 29.3 Å². The van der Waals surface area contributed by atoms with Gasteiger partial charge in [-0.1, -0.05) is 18.2 Å². The van der Waals surface area contributed by atoms with Crippen LogP contribution in [0, 0.1) is 5.82 Å². The number of halogens is 1. The van der Waals surface area contributed by atoms with Gasteiger partial charge in [-0.2, -0.15) is 0 Å². The largest absolute Gasteiger partial charge is 0.323 e. The molecule has 82 valence electrons. The van der Waals surface area contributed by atoms with Crippen LogP contribution in [0.5, 0.6) is 0 Å². The average molecular weight is 208 g/mol. The van der Waals surface area contributed by atoms with E-state index in [0.717, 1.165) is 12.8 Å². The first-order chi connectivity index (χ1) is 7.04. The van der Waals surface area contributed by atoms with Crippen molar-refractivity contribution in [1.29, 1.82) is 0 Å². The maximum Gasteiger partial charge on any atom is 0.128 e. The standard InChI is InChI=1S/C12H17FN2/c1-15(2)11(12(14)7-8-12)9-5-3-4-6-10(9)13/h3-6,11H,7-8,14H2,1-2H3. The molecule has 3 heteroatoms. The van der Waals surface area contributed by atoms with E-state index in [1.807, 2.05) is 31.1 Å². The second-order valence-corrected chi connectivity index (χ2v) is 4.62. The summed E-state index contributed by atoms with van der Waals surface area (Å²) in [5, 5.41) is 0. The summed E-state index contributed by atoms with van der Waals surface area (Å²) >= 11 is 0. The summed E-state index contributed by atoms with van der Waals surface area (Å²) < 4.78 is 13.7. The van der Waals surface area contributed by atoms with Crippen LogP contribution >= 0.6 is 0 Å². The van der Waals surface area contributed by atoms with E-state index < -0.39 is 0 Å². The highest BCUT2D eigenvalue weighted by molar-refractivity contribution is 5.28. The van der Waals surface area contributed by atoms with Crippen molar-refractivity contribution in [3.63, 3.8) is 0 Å². The molecule has 1 fully saturated rings. The molecule has 1 aliphatic carbocycles. The number of hydrogen-bond acceptors (Lipinski definition) is 2. The molecule has 0 spiro atoms. The Morgan fingerprint density at radius 3 is 2.40 bits per heavy atom. The van der Waals surface area contributed by atoms with E-state index in [2.05, 4.69) is 0 Å². The van der Waals surface area contributed by atoms with E-state index in [0.29, 0.717) is 5.56 Å². The second-order valence-electron chi connectivity index (χ2n) is 4.62. The highest BCUT2D eigenvalue weighted by Crippen LogP contribution is 2.46. The Kier molecular flexibility index (Phi) is 2.52. The molecule has 1 atom stereocenters. The third-order valence-corrected chi connectivity index (χ3v) is 3.09. The lowest BCUT2D eigenvalue weighted by Crippen LogP contribution is -2.39. The van der Waals surface area contributed by atoms with Crippen LogP contribution in [0.15, 0.2) is 24.3 Å². The number of benzene rings is 1. The van der Waals surface area contributed by atoms with E-state index in [9.17, 15) is 4.39 Å². The van der Waals surface area contributed by atoms with Crippen LogP contribution in [-0.4, -0.2) is 24.5 Å². The van der Waals surface area contributed by atoms with Crippen LogP contribution in [0.3, 0.4) is 0 Å². The van der Waals surface area contributed by atoms with Crippen LogP contribution in [0.25, 0.3) is 0 Å². The zero-order valence-electron chi connectivity index (χ0n) is 9.20. The third kappa shape index (κ3) is 1.90. The van der Waals surface area contributed by atoms with Crippen LogP contribution in [0.2, 0.25) is 0 Å². The van der Waals surface area contributed by atoms with Crippen LogP contribution < -0.4 is 5.73 Å². The lowest BCUT2D eigenvalue weighted by molar-refractivity contribution is 0.239. The van der Waals surface area contributed by atoms with Crippen molar-refractivity contribution in [3.05, 3.63) is 35.6 Å². The summed E-state index contributed by atoms with van der Waals surface area (Å²) in [6.45, 7) is 0. The molecule has 15 heavy (non-hydrogen) atoms. The Hall–Kier alpha value is -0.930. The number of hydrogen-bond donors (Lipinski definition) is 1. The number of nitrogens with zero attached hydrogens (tertiary/aromatic N) is 1. The van der Waals surface area contributed by atoms with Gasteiger partial charge >= 0.3 is 0 Å². The van der Waals surface area contributed by atoms with Crippen LogP contribution in [-0.2, 0) is 0 Å². The van der Waals surface area contributed by atoms with Gasteiger partial charge in [-0.05, 0) is 33.0 Å². The third-order valence-electron chi connectivity index (χ3n) is 3.09. The second kappa shape index (κ2) is 3.58. The van der Waals surface area contributed by atoms with Crippen molar-refractivity contribution in [2.45, 2.75) is 24.4 Å². The Balaban J connectivity index is 2.37. The summed E-state index contributed by atoms with van der Waals surface area (Å²) in [6.07, 6.45) is 1.95. The highest BCUT2D eigenvalue weighted by Gasteiger charge is 2.48. The number of nitrogens with two attached hydrogens (primary N) is 1. The number of likely N-dealkylation sites (N-methyl/N-ethyl adjacent to an activating group) is 1. The molecule has 2 N–H and O–H groups in total. The quantitative estimate of drug-likeness (QED) is 0.822. The van der Waals surface area contributed by atoms with Gasteiger partial charge in [0.2, 0.25) is 0 Å². The Labute approximate surface area is 89.9 Å².